The van der Waals surface area contributed by atoms with Gasteiger partial charge in [-0.25, -0.2) is 4.79 Å². The van der Waals surface area contributed by atoms with Gasteiger partial charge in [-0.3, -0.25) is 4.79 Å². The Kier molecular flexibility index (Phi) is 6.42. The molecule has 0 saturated heterocycles. The highest BCUT2D eigenvalue weighted by Gasteiger charge is 2.10. The summed E-state index contributed by atoms with van der Waals surface area (Å²) in [5.74, 6) is -1.21. The van der Waals surface area contributed by atoms with Crippen LogP contribution >= 0.6 is 0 Å². The molecule has 0 amide bonds. The van der Waals surface area contributed by atoms with Crippen molar-refractivity contribution < 1.29 is 9.90 Å². The second-order valence-corrected chi connectivity index (χ2v) is 3.59. The van der Waals surface area contributed by atoms with Gasteiger partial charge in [0.1, 0.15) is 5.56 Å². The first kappa shape index (κ1) is 15.9. The maximum absolute atomic E-state index is 11.6. The molecule has 1 heterocycles. The van der Waals surface area contributed by atoms with Crippen LogP contribution in [0.15, 0.2) is 35.3 Å². The first-order valence-corrected chi connectivity index (χ1v) is 5.45. The molecule has 2 N–H and O–H groups in total. The fourth-order valence-corrected chi connectivity index (χ4v) is 1.33. The van der Waals surface area contributed by atoms with Gasteiger partial charge in [0, 0.05) is 17.1 Å². The molecule has 0 atom stereocenters. The third-order valence-corrected chi connectivity index (χ3v) is 2.02. The minimum Gasteiger partial charge on any atom is -0.477 e. The van der Waals surface area contributed by atoms with E-state index in [2.05, 4.69) is 18.8 Å². The minimum atomic E-state index is -1.21. The SMILES string of the molecule is C.CCC.O=C(O)c1c[nH]c2ccccc2c1=O. The highest BCUT2D eigenvalue weighted by Crippen LogP contribution is 2.06. The standard InChI is InChI=1S/C10H7NO3.C3H8.CH4/c12-9-6-3-1-2-4-8(6)11-5-7(9)10(13)14;1-3-2;/h1-5H,(H,11,12)(H,13,14);3H2,1-2H3;1H4. The van der Waals surface area contributed by atoms with E-state index in [0.717, 1.165) is 0 Å². The molecule has 2 rings (SSSR count). The third kappa shape index (κ3) is 3.45. The summed E-state index contributed by atoms with van der Waals surface area (Å²) in [5.41, 5.74) is -0.0435. The lowest BCUT2D eigenvalue weighted by Gasteiger charge is -1.98. The van der Waals surface area contributed by atoms with E-state index in [1.54, 1.807) is 24.3 Å². The zero-order chi connectivity index (χ0) is 12.8. The van der Waals surface area contributed by atoms with Gasteiger partial charge in [0.15, 0.2) is 0 Å². The van der Waals surface area contributed by atoms with E-state index in [-0.39, 0.29) is 13.0 Å². The first-order valence-electron chi connectivity index (χ1n) is 5.45. The van der Waals surface area contributed by atoms with Gasteiger partial charge in [-0.1, -0.05) is 39.8 Å². The summed E-state index contributed by atoms with van der Waals surface area (Å²) < 4.78 is 0. The van der Waals surface area contributed by atoms with E-state index >= 15 is 0 Å². The van der Waals surface area contributed by atoms with E-state index < -0.39 is 11.4 Å². The molecule has 1 aromatic heterocycles. The number of H-pyrrole nitrogens is 1. The van der Waals surface area contributed by atoms with E-state index in [4.69, 9.17) is 5.11 Å². The van der Waals surface area contributed by atoms with E-state index in [1.165, 1.54) is 12.6 Å². The zero-order valence-corrected chi connectivity index (χ0v) is 9.86. The Labute approximate surface area is 106 Å². The van der Waals surface area contributed by atoms with Crippen molar-refractivity contribution in [2.75, 3.05) is 0 Å². The van der Waals surface area contributed by atoms with Gasteiger partial charge in [0.2, 0.25) is 5.43 Å². The molecule has 0 bridgehead atoms. The minimum absolute atomic E-state index is 0. The number of carbonyl (C=O) groups is 1. The van der Waals surface area contributed by atoms with Crippen molar-refractivity contribution in [3.63, 3.8) is 0 Å². The molecule has 0 unspecified atom stereocenters. The number of para-hydroxylation sites is 1. The number of hydrogen-bond acceptors (Lipinski definition) is 2. The van der Waals surface area contributed by atoms with Crippen LogP contribution in [0.4, 0.5) is 0 Å². The number of fused-ring (bicyclic) bond motifs is 1. The number of aromatic carboxylic acids is 1. The Balaban J connectivity index is 0.000000660. The summed E-state index contributed by atoms with van der Waals surface area (Å²) in [6, 6.07) is 6.80. The number of aromatic nitrogens is 1. The van der Waals surface area contributed by atoms with Crippen LogP contribution in [0.2, 0.25) is 0 Å². The van der Waals surface area contributed by atoms with Gasteiger partial charge >= 0.3 is 5.97 Å². The average Bonchev–Trinajstić information content (AvgIpc) is 2.30. The summed E-state index contributed by atoms with van der Waals surface area (Å²) in [5, 5.41) is 9.10. The number of benzene rings is 1. The quantitative estimate of drug-likeness (QED) is 0.814. The van der Waals surface area contributed by atoms with Crippen molar-refractivity contribution in [2.45, 2.75) is 27.7 Å². The van der Waals surface area contributed by atoms with Gasteiger partial charge in [0.25, 0.3) is 0 Å². The maximum Gasteiger partial charge on any atom is 0.341 e. The first-order chi connectivity index (χ1) is 8.11. The molecule has 0 aliphatic carbocycles. The van der Waals surface area contributed by atoms with Crippen molar-refractivity contribution in [1.29, 1.82) is 0 Å². The van der Waals surface area contributed by atoms with Crippen molar-refractivity contribution >= 4 is 16.9 Å². The molecule has 98 valence electrons. The lowest BCUT2D eigenvalue weighted by atomic mass is 10.1. The van der Waals surface area contributed by atoms with Crippen LogP contribution < -0.4 is 5.43 Å². The highest BCUT2D eigenvalue weighted by atomic mass is 16.4. The largest absolute Gasteiger partial charge is 0.477 e. The Hall–Kier alpha value is -2.10. The lowest BCUT2D eigenvalue weighted by Crippen LogP contribution is -2.14. The normalized spacial score (nSPS) is 9.00. The van der Waals surface area contributed by atoms with Gasteiger partial charge < -0.3 is 10.1 Å². The predicted molar refractivity (Wildman–Crippen MR) is 74.2 cm³/mol. The number of rotatable bonds is 1. The molecule has 0 fully saturated rings. The molecule has 18 heavy (non-hydrogen) atoms. The predicted octanol–water partition coefficient (Wildman–Crippen LogP) is 3.28. The summed E-state index contributed by atoms with van der Waals surface area (Å²) in [6.45, 7) is 4.25. The van der Waals surface area contributed by atoms with Crippen molar-refractivity contribution in [3.05, 3.63) is 46.2 Å². The van der Waals surface area contributed by atoms with Crippen LogP contribution in [0.3, 0.4) is 0 Å². The Morgan fingerprint density at radius 2 is 1.83 bits per heavy atom. The zero-order valence-electron chi connectivity index (χ0n) is 9.86. The smallest absolute Gasteiger partial charge is 0.341 e. The number of carboxylic acid groups (broad SMARTS) is 1. The number of nitrogens with one attached hydrogen (secondary N) is 1. The summed E-state index contributed by atoms with van der Waals surface area (Å²) in [6.07, 6.45) is 2.47. The molecule has 1 aromatic carbocycles. The molecular weight excluding hydrogens is 230 g/mol. The summed E-state index contributed by atoms with van der Waals surface area (Å²) >= 11 is 0. The van der Waals surface area contributed by atoms with Crippen LogP contribution in [0.5, 0.6) is 0 Å². The van der Waals surface area contributed by atoms with Crippen molar-refractivity contribution in [3.8, 4) is 0 Å². The second-order valence-electron chi connectivity index (χ2n) is 3.59. The van der Waals surface area contributed by atoms with E-state index in [9.17, 15) is 9.59 Å². The number of carboxylic acids is 1. The molecule has 4 nitrogen and oxygen atoms in total. The molecule has 0 radical (unpaired) electrons. The Morgan fingerprint density at radius 3 is 2.39 bits per heavy atom. The molecular formula is C14H19NO3. The van der Waals surface area contributed by atoms with E-state index in [0.29, 0.717) is 10.9 Å². The molecule has 0 saturated carbocycles. The molecule has 0 spiro atoms. The van der Waals surface area contributed by atoms with Gasteiger partial charge in [-0.2, -0.15) is 0 Å². The van der Waals surface area contributed by atoms with Crippen molar-refractivity contribution in [1.82, 2.24) is 4.98 Å². The van der Waals surface area contributed by atoms with Crippen LogP contribution in [0.1, 0.15) is 38.1 Å². The molecule has 0 aliphatic rings. The Bertz CT molecular complexity index is 573. The van der Waals surface area contributed by atoms with Crippen molar-refractivity contribution in [2.24, 2.45) is 0 Å². The Morgan fingerprint density at radius 1 is 1.28 bits per heavy atom. The average molecular weight is 249 g/mol. The fraction of sp³-hybridized carbons (Fsp3) is 0.286. The fourth-order valence-electron chi connectivity index (χ4n) is 1.33. The van der Waals surface area contributed by atoms with E-state index in [1.807, 2.05) is 0 Å². The molecule has 2 aromatic rings. The van der Waals surface area contributed by atoms with Gasteiger partial charge in [-0.15, -0.1) is 0 Å². The maximum atomic E-state index is 11.6. The summed E-state index contributed by atoms with van der Waals surface area (Å²) in [7, 11) is 0. The third-order valence-electron chi connectivity index (χ3n) is 2.02. The number of hydrogen-bond donors (Lipinski definition) is 2. The second kappa shape index (κ2) is 7.27. The molecule has 4 heteroatoms. The lowest BCUT2D eigenvalue weighted by molar-refractivity contribution is 0.0695. The van der Waals surface area contributed by atoms with Crippen LogP contribution in [-0.2, 0) is 0 Å². The van der Waals surface area contributed by atoms with Crippen LogP contribution in [0.25, 0.3) is 10.9 Å². The summed E-state index contributed by atoms with van der Waals surface area (Å²) in [4.78, 5) is 25.0. The number of aromatic amines is 1. The topological polar surface area (TPSA) is 70.2 Å². The molecule has 0 aliphatic heterocycles. The van der Waals surface area contributed by atoms with Crippen LogP contribution in [-0.4, -0.2) is 16.1 Å². The number of pyridine rings is 1. The highest BCUT2D eigenvalue weighted by molar-refractivity contribution is 5.92. The van der Waals surface area contributed by atoms with Crippen LogP contribution in [0, 0.1) is 0 Å². The monoisotopic (exact) mass is 249 g/mol. The van der Waals surface area contributed by atoms with Gasteiger partial charge in [-0.05, 0) is 12.1 Å². The van der Waals surface area contributed by atoms with Gasteiger partial charge in [0.05, 0.1) is 0 Å².